The highest BCUT2D eigenvalue weighted by Gasteiger charge is 2.25. The lowest BCUT2D eigenvalue weighted by molar-refractivity contribution is 0.667. The second-order valence-corrected chi connectivity index (χ2v) is 5.98. The summed E-state index contributed by atoms with van der Waals surface area (Å²) in [5.74, 6) is 0. The summed E-state index contributed by atoms with van der Waals surface area (Å²) >= 11 is 13.7. The van der Waals surface area contributed by atoms with Gasteiger partial charge in [-0.05, 0) is 29.1 Å². The van der Waals surface area contributed by atoms with Crippen LogP contribution >= 0.6 is 34.5 Å². The van der Waals surface area contributed by atoms with E-state index in [1.165, 1.54) is 4.88 Å². The highest BCUT2D eigenvalue weighted by Crippen LogP contribution is 2.41. The first-order valence-corrected chi connectivity index (χ1v) is 7.26. The Morgan fingerprint density at radius 3 is 2.61 bits per heavy atom. The van der Waals surface area contributed by atoms with Crippen LogP contribution in [0.5, 0.6) is 0 Å². The van der Waals surface area contributed by atoms with Gasteiger partial charge >= 0.3 is 0 Å². The summed E-state index contributed by atoms with van der Waals surface area (Å²) < 4.78 is 0. The summed E-state index contributed by atoms with van der Waals surface area (Å²) in [7, 11) is 0. The maximum absolute atomic E-state index is 6.03. The Morgan fingerprint density at radius 2 is 1.89 bits per heavy atom. The fourth-order valence-electron chi connectivity index (χ4n) is 2.04. The predicted molar refractivity (Wildman–Crippen MR) is 75.7 cm³/mol. The van der Waals surface area contributed by atoms with Crippen LogP contribution < -0.4 is 0 Å². The van der Waals surface area contributed by atoms with E-state index in [-0.39, 0.29) is 12.1 Å². The summed E-state index contributed by atoms with van der Waals surface area (Å²) in [5.41, 5.74) is 1.08. The Hall–Kier alpha value is -0.900. The molecule has 2 heterocycles. The van der Waals surface area contributed by atoms with Gasteiger partial charge in [-0.3, -0.25) is 0 Å². The molecule has 2 unspecified atom stereocenters. The van der Waals surface area contributed by atoms with Crippen molar-refractivity contribution in [1.82, 2.24) is 0 Å². The predicted octanol–water partition coefficient (Wildman–Crippen LogP) is 5.69. The SMILES string of the molecule is Clc1ccc(C2CC(c3cccs3)N=N2)cc1Cl. The Bertz CT molecular complexity index is 581. The monoisotopic (exact) mass is 296 g/mol. The van der Waals surface area contributed by atoms with E-state index in [9.17, 15) is 0 Å². The summed E-state index contributed by atoms with van der Waals surface area (Å²) in [6.45, 7) is 0. The summed E-state index contributed by atoms with van der Waals surface area (Å²) in [4.78, 5) is 1.27. The lowest BCUT2D eigenvalue weighted by Gasteiger charge is -2.08. The molecule has 2 nitrogen and oxygen atoms in total. The minimum atomic E-state index is 0.0897. The summed E-state index contributed by atoms with van der Waals surface area (Å²) in [5, 5.41) is 11.9. The Morgan fingerprint density at radius 1 is 1.06 bits per heavy atom. The summed E-state index contributed by atoms with van der Waals surface area (Å²) in [6.07, 6.45) is 0.901. The van der Waals surface area contributed by atoms with Crippen LogP contribution in [0, 0.1) is 0 Å². The van der Waals surface area contributed by atoms with Gasteiger partial charge in [0.2, 0.25) is 0 Å². The van der Waals surface area contributed by atoms with Gasteiger partial charge in [0, 0.05) is 11.3 Å². The molecule has 2 atom stereocenters. The number of halogens is 2. The lowest BCUT2D eigenvalue weighted by atomic mass is 10.0. The zero-order valence-corrected chi connectivity index (χ0v) is 11.7. The van der Waals surface area contributed by atoms with Crippen molar-refractivity contribution in [2.75, 3.05) is 0 Å². The molecule has 1 aliphatic rings. The molecule has 0 fully saturated rings. The van der Waals surface area contributed by atoms with Crippen molar-refractivity contribution in [3.05, 3.63) is 56.2 Å². The maximum Gasteiger partial charge on any atom is 0.107 e. The van der Waals surface area contributed by atoms with Crippen molar-refractivity contribution in [1.29, 1.82) is 0 Å². The third kappa shape index (κ3) is 2.30. The molecule has 0 amide bonds. The Labute approximate surface area is 119 Å². The molecule has 18 heavy (non-hydrogen) atoms. The number of thiophene rings is 1. The molecule has 0 bridgehead atoms. The number of hydrogen-bond donors (Lipinski definition) is 0. The van der Waals surface area contributed by atoms with Gasteiger partial charge in [0.1, 0.15) is 6.04 Å². The number of nitrogens with zero attached hydrogens (tertiary/aromatic N) is 2. The first-order valence-electron chi connectivity index (χ1n) is 5.62. The van der Waals surface area contributed by atoms with Crippen LogP contribution in [0.3, 0.4) is 0 Å². The molecule has 3 rings (SSSR count). The van der Waals surface area contributed by atoms with E-state index in [2.05, 4.69) is 21.7 Å². The van der Waals surface area contributed by atoms with Gasteiger partial charge in [0.15, 0.2) is 0 Å². The van der Waals surface area contributed by atoms with Gasteiger partial charge in [0.05, 0.1) is 16.1 Å². The van der Waals surface area contributed by atoms with Crippen LogP contribution in [-0.2, 0) is 0 Å². The van der Waals surface area contributed by atoms with Gasteiger partial charge in [-0.2, -0.15) is 10.2 Å². The first-order chi connectivity index (χ1) is 8.74. The molecular weight excluding hydrogens is 287 g/mol. The number of benzene rings is 1. The molecular formula is C13H10Cl2N2S. The van der Waals surface area contributed by atoms with E-state index in [4.69, 9.17) is 23.2 Å². The molecule has 2 aromatic rings. The number of hydrogen-bond acceptors (Lipinski definition) is 3. The molecule has 0 N–H and O–H groups in total. The second kappa shape index (κ2) is 5.00. The van der Waals surface area contributed by atoms with Crippen molar-refractivity contribution < 1.29 is 0 Å². The zero-order chi connectivity index (χ0) is 12.5. The van der Waals surface area contributed by atoms with Gasteiger partial charge in [-0.15, -0.1) is 11.3 Å². The molecule has 0 saturated carbocycles. The quantitative estimate of drug-likeness (QED) is 0.680. The van der Waals surface area contributed by atoms with E-state index >= 15 is 0 Å². The largest absolute Gasteiger partial charge is 0.185 e. The van der Waals surface area contributed by atoms with E-state index in [0.29, 0.717) is 10.0 Å². The van der Waals surface area contributed by atoms with Gasteiger partial charge < -0.3 is 0 Å². The first kappa shape index (κ1) is 12.2. The minimum absolute atomic E-state index is 0.0897. The minimum Gasteiger partial charge on any atom is -0.185 e. The van der Waals surface area contributed by atoms with Crippen molar-refractivity contribution in [3.63, 3.8) is 0 Å². The van der Waals surface area contributed by atoms with E-state index in [1.807, 2.05) is 24.3 Å². The van der Waals surface area contributed by atoms with Crippen LogP contribution in [0.4, 0.5) is 0 Å². The molecule has 92 valence electrons. The van der Waals surface area contributed by atoms with E-state index in [1.54, 1.807) is 11.3 Å². The summed E-state index contributed by atoms with van der Waals surface area (Å²) in [6, 6.07) is 10.1. The van der Waals surface area contributed by atoms with Crippen LogP contribution in [0.15, 0.2) is 45.9 Å². The Kier molecular flexibility index (Phi) is 3.37. The maximum atomic E-state index is 6.03. The fraction of sp³-hybridized carbons (Fsp3) is 0.231. The van der Waals surface area contributed by atoms with Crippen LogP contribution in [-0.4, -0.2) is 0 Å². The molecule has 1 aromatic heterocycles. The molecule has 0 aliphatic carbocycles. The standard InChI is InChI=1S/C13H10Cl2N2S/c14-9-4-3-8(6-10(9)15)11-7-12(17-16-11)13-2-1-5-18-13/h1-6,11-12H,7H2. The molecule has 1 aliphatic heterocycles. The van der Waals surface area contributed by atoms with Gasteiger partial charge in [-0.1, -0.05) is 35.3 Å². The zero-order valence-electron chi connectivity index (χ0n) is 9.38. The molecule has 1 aromatic carbocycles. The topological polar surface area (TPSA) is 24.7 Å². The van der Waals surface area contributed by atoms with E-state index < -0.39 is 0 Å². The van der Waals surface area contributed by atoms with Gasteiger partial charge in [-0.25, -0.2) is 0 Å². The van der Waals surface area contributed by atoms with Crippen molar-refractivity contribution >= 4 is 34.5 Å². The van der Waals surface area contributed by atoms with Crippen LogP contribution in [0.1, 0.15) is 28.9 Å². The number of rotatable bonds is 2. The lowest BCUT2D eigenvalue weighted by Crippen LogP contribution is -1.95. The molecule has 0 saturated heterocycles. The third-order valence-corrected chi connectivity index (χ3v) is 4.70. The normalized spacial score (nSPS) is 22.6. The van der Waals surface area contributed by atoms with Crippen LogP contribution in [0.25, 0.3) is 0 Å². The fourth-order valence-corrected chi connectivity index (χ4v) is 3.12. The Balaban J connectivity index is 1.80. The van der Waals surface area contributed by atoms with Crippen molar-refractivity contribution in [3.8, 4) is 0 Å². The number of azo groups is 1. The van der Waals surface area contributed by atoms with Gasteiger partial charge in [0.25, 0.3) is 0 Å². The van der Waals surface area contributed by atoms with E-state index in [0.717, 1.165) is 12.0 Å². The average Bonchev–Trinajstić information content (AvgIpc) is 3.01. The average molecular weight is 297 g/mol. The highest BCUT2D eigenvalue weighted by atomic mass is 35.5. The second-order valence-electron chi connectivity index (χ2n) is 4.19. The smallest absolute Gasteiger partial charge is 0.107 e. The highest BCUT2D eigenvalue weighted by molar-refractivity contribution is 7.10. The van der Waals surface area contributed by atoms with Crippen molar-refractivity contribution in [2.45, 2.75) is 18.5 Å². The molecule has 0 radical (unpaired) electrons. The van der Waals surface area contributed by atoms with Crippen LogP contribution in [0.2, 0.25) is 10.0 Å². The molecule has 5 heteroatoms. The molecule has 0 spiro atoms. The third-order valence-electron chi connectivity index (χ3n) is 2.99. The van der Waals surface area contributed by atoms with Crippen molar-refractivity contribution in [2.24, 2.45) is 10.2 Å².